The average Bonchev–Trinajstić information content (AvgIpc) is 2.82. The third-order valence-electron chi connectivity index (χ3n) is 2.93. The van der Waals surface area contributed by atoms with E-state index in [1.807, 2.05) is 6.92 Å². The first kappa shape index (κ1) is 12.7. The second-order valence-electron chi connectivity index (χ2n) is 4.50. The number of carbonyl (C=O) groups is 1. The van der Waals surface area contributed by atoms with E-state index in [4.69, 9.17) is 14.2 Å². The molecule has 1 atom stereocenters. The molecule has 5 nitrogen and oxygen atoms in total. The molecule has 5 heteroatoms. The molecule has 18 heavy (non-hydrogen) atoms. The molecule has 1 unspecified atom stereocenters. The molecule has 1 aliphatic rings. The molecule has 1 aromatic carbocycles. The molecule has 0 spiro atoms. The minimum atomic E-state index is -0.920. The van der Waals surface area contributed by atoms with E-state index in [2.05, 4.69) is 0 Å². The lowest BCUT2D eigenvalue weighted by Gasteiger charge is -2.22. The number of aldehydes is 1. The van der Waals surface area contributed by atoms with E-state index >= 15 is 0 Å². The van der Waals surface area contributed by atoms with E-state index < -0.39 is 5.60 Å². The van der Waals surface area contributed by atoms with Crippen molar-refractivity contribution in [3.8, 4) is 17.2 Å². The highest BCUT2D eigenvalue weighted by atomic mass is 16.7. The van der Waals surface area contributed by atoms with Gasteiger partial charge in [-0.15, -0.1) is 0 Å². The average molecular weight is 252 g/mol. The summed E-state index contributed by atoms with van der Waals surface area (Å²) in [6.07, 6.45) is 1.26. The van der Waals surface area contributed by atoms with Crippen LogP contribution in [0.25, 0.3) is 0 Å². The number of ether oxygens (including phenoxy) is 3. The van der Waals surface area contributed by atoms with Crippen molar-refractivity contribution in [1.29, 1.82) is 0 Å². The Morgan fingerprint density at radius 1 is 1.44 bits per heavy atom. The normalized spacial score (nSPS) is 16.2. The van der Waals surface area contributed by atoms with E-state index in [0.29, 0.717) is 35.5 Å². The Balaban J connectivity index is 2.19. The summed E-state index contributed by atoms with van der Waals surface area (Å²) in [4.78, 5) is 11.0. The lowest BCUT2D eigenvalue weighted by molar-refractivity contribution is 0.00821. The Hall–Kier alpha value is -1.75. The molecule has 1 heterocycles. The lowest BCUT2D eigenvalue weighted by Crippen LogP contribution is -2.31. The van der Waals surface area contributed by atoms with Gasteiger partial charge in [-0.1, -0.05) is 6.92 Å². The summed E-state index contributed by atoms with van der Waals surface area (Å²) in [6, 6.07) is 3.18. The van der Waals surface area contributed by atoms with Crippen molar-refractivity contribution in [2.24, 2.45) is 0 Å². The molecule has 2 rings (SSSR count). The van der Waals surface area contributed by atoms with Crippen LogP contribution in [0.5, 0.6) is 17.2 Å². The fraction of sp³-hybridized carbons (Fsp3) is 0.462. The Morgan fingerprint density at radius 3 is 2.72 bits per heavy atom. The number of carbonyl (C=O) groups excluding carboxylic acids is 1. The van der Waals surface area contributed by atoms with Crippen LogP contribution < -0.4 is 14.2 Å². The van der Waals surface area contributed by atoms with Gasteiger partial charge in [0.15, 0.2) is 17.8 Å². The molecular formula is C13H16O5. The maximum Gasteiger partial charge on any atom is 0.231 e. The largest absolute Gasteiger partial charge is 0.490 e. The van der Waals surface area contributed by atoms with Gasteiger partial charge in [0.1, 0.15) is 12.4 Å². The van der Waals surface area contributed by atoms with E-state index in [1.54, 1.807) is 19.1 Å². The van der Waals surface area contributed by atoms with Crippen molar-refractivity contribution in [2.75, 3.05) is 13.4 Å². The van der Waals surface area contributed by atoms with Crippen LogP contribution in [0.15, 0.2) is 12.1 Å². The van der Waals surface area contributed by atoms with Crippen LogP contribution in [0, 0.1) is 0 Å². The second kappa shape index (κ2) is 4.86. The second-order valence-corrected chi connectivity index (χ2v) is 4.50. The molecule has 0 aromatic heterocycles. The van der Waals surface area contributed by atoms with Crippen molar-refractivity contribution in [3.63, 3.8) is 0 Å². The molecule has 0 saturated heterocycles. The number of benzene rings is 1. The molecule has 0 amide bonds. The Kier molecular flexibility index (Phi) is 3.43. The van der Waals surface area contributed by atoms with Gasteiger partial charge in [-0.25, -0.2) is 0 Å². The van der Waals surface area contributed by atoms with Gasteiger partial charge in [-0.05, 0) is 19.4 Å². The molecule has 0 saturated carbocycles. The Morgan fingerprint density at radius 2 is 2.11 bits per heavy atom. The summed E-state index contributed by atoms with van der Waals surface area (Å²) in [6.45, 7) is 3.80. The zero-order valence-electron chi connectivity index (χ0n) is 10.4. The predicted octanol–water partition coefficient (Wildman–Crippen LogP) is 1.77. The predicted molar refractivity (Wildman–Crippen MR) is 64.4 cm³/mol. The highest BCUT2D eigenvalue weighted by Crippen LogP contribution is 2.37. The number of aliphatic hydroxyl groups is 1. The van der Waals surface area contributed by atoms with Gasteiger partial charge in [0.2, 0.25) is 6.79 Å². The van der Waals surface area contributed by atoms with Crippen LogP contribution in [-0.2, 0) is 0 Å². The summed E-state index contributed by atoms with van der Waals surface area (Å²) >= 11 is 0. The summed E-state index contributed by atoms with van der Waals surface area (Å²) in [5, 5.41) is 9.87. The standard InChI is InChI=1S/C13H16O5/c1-3-13(2,15)7-16-10-5-12-11(17-8-18-12)4-9(10)6-14/h4-6,15H,3,7-8H2,1-2H3. The van der Waals surface area contributed by atoms with Crippen LogP contribution in [0.2, 0.25) is 0 Å². The van der Waals surface area contributed by atoms with Crippen molar-refractivity contribution in [3.05, 3.63) is 17.7 Å². The van der Waals surface area contributed by atoms with Crippen molar-refractivity contribution in [2.45, 2.75) is 25.9 Å². The summed E-state index contributed by atoms with van der Waals surface area (Å²) < 4.78 is 15.9. The highest BCUT2D eigenvalue weighted by Gasteiger charge is 2.22. The van der Waals surface area contributed by atoms with E-state index in [-0.39, 0.29) is 13.4 Å². The smallest absolute Gasteiger partial charge is 0.231 e. The first-order chi connectivity index (χ1) is 8.55. The molecule has 0 radical (unpaired) electrons. The summed E-state index contributed by atoms with van der Waals surface area (Å²) in [5.74, 6) is 1.47. The maximum absolute atomic E-state index is 11.0. The first-order valence-electron chi connectivity index (χ1n) is 5.80. The van der Waals surface area contributed by atoms with Crippen LogP contribution in [0.4, 0.5) is 0 Å². The fourth-order valence-corrected chi connectivity index (χ4v) is 1.49. The zero-order chi connectivity index (χ0) is 13.2. The zero-order valence-corrected chi connectivity index (χ0v) is 10.4. The van der Waals surface area contributed by atoms with Crippen molar-refractivity contribution in [1.82, 2.24) is 0 Å². The highest BCUT2D eigenvalue weighted by molar-refractivity contribution is 5.81. The minimum Gasteiger partial charge on any atom is -0.490 e. The number of fused-ring (bicyclic) bond motifs is 1. The van der Waals surface area contributed by atoms with Gasteiger partial charge in [-0.2, -0.15) is 0 Å². The number of rotatable bonds is 5. The fourth-order valence-electron chi connectivity index (χ4n) is 1.49. The molecule has 1 aliphatic heterocycles. The quantitative estimate of drug-likeness (QED) is 0.809. The van der Waals surface area contributed by atoms with E-state index in [9.17, 15) is 9.90 Å². The van der Waals surface area contributed by atoms with Gasteiger partial charge in [0, 0.05) is 6.07 Å². The number of hydrogen-bond acceptors (Lipinski definition) is 5. The maximum atomic E-state index is 11.0. The van der Waals surface area contributed by atoms with Crippen LogP contribution in [0.1, 0.15) is 30.6 Å². The third-order valence-corrected chi connectivity index (χ3v) is 2.93. The van der Waals surface area contributed by atoms with Crippen LogP contribution >= 0.6 is 0 Å². The van der Waals surface area contributed by atoms with Crippen LogP contribution in [0.3, 0.4) is 0 Å². The van der Waals surface area contributed by atoms with Gasteiger partial charge in [0.25, 0.3) is 0 Å². The molecule has 0 bridgehead atoms. The molecule has 98 valence electrons. The molecule has 0 aliphatic carbocycles. The van der Waals surface area contributed by atoms with Gasteiger partial charge in [-0.3, -0.25) is 4.79 Å². The molecule has 1 N–H and O–H groups in total. The van der Waals surface area contributed by atoms with Gasteiger partial charge in [0.05, 0.1) is 11.2 Å². The van der Waals surface area contributed by atoms with E-state index in [0.717, 1.165) is 0 Å². The molecule has 1 aromatic rings. The van der Waals surface area contributed by atoms with Crippen molar-refractivity contribution >= 4 is 6.29 Å². The lowest BCUT2D eigenvalue weighted by atomic mass is 10.1. The molecular weight excluding hydrogens is 236 g/mol. The summed E-state index contributed by atoms with van der Waals surface area (Å²) in [7, 11) is 0. The third kappa shape index (κ3) is 2.56. The van der Waals surface area contributed by atoms with Crippen LogP contribution in [-0.4, -0.2) is 30.4 Å². The van der Waals surface area contributed by atoms with Gasteiger partial charge < -0.3 is 19.3 Å². The Bertz CT molecular complexity index is 453. The summed E-state index contributed by atoms with van der Waals surface area (Å²) in [5.41, 5.74) is -0.539. The Labute approximate surface area is 105 Å². The monoisotopic (exact) mass is 252 g/mol. The minimum absolute atomic E-state index is 0.115. The SMILES string of the molecule is CCC(C)(O)COc1cc2c(cc1C=O)OCO2. The molecule has 0 fully saturated rings. The first-order valence-corrected chi connectivity index (χ1v) is 5.80. The number of hydrogen-bond donors (Lipinski definition) is 1. The van der Waals surface area contributed by atoms with Gasteiger partial charge >= 0.3 is 0 Å². The van der Waals surface area contributed by atoms with Crippen molar-refractivity contribution < 1.29 is 24.1 Å². The van der Waals surface area contributed by atoms with E-state index in [1.165, 1.54) is 0 Å². The topological polar surface area (TPSA) is 65.0 Å².